The summed E-state index contributed by atoms with van der Waals surface area (Å²) in [6, 6.07) is 0. The Morgan fingerprint density at radius 2 is 1.96 bits per heavy atom. The largest absolute Gasteiger partial charge is 0.463 e. The molecule has 0 aliphatic carbocycles. The van der Waals surface area contributed by atoms with Gasteiger partial charge in [-0.2, -0.15) is 0 Å². The molecule has 0 bridgehead atoms. The van der Waals surface area contributed by atoms with E-state index in [2.05, 4.69) is 10.0 Å². The van der Waals surface area contributed by atoms with E-state index in [-0.39, 0.29) is 19.8 Å². The van der Waals surface area contributed by atoms with Gasteiger partial charge >= 0.3 is 11.9 Å². The van der Waals surface area contributed by atoms with Crippen LogP contribution in [-0.2, 0) is 28.5 Å². The normalized spacial score (nSPS) is 30.2. The molecule has 5 atom stereocenters. The van der Waals surface area contributed by atoms with Gasteiger partial charge < -0.3 is 29.2 Å². The number of hydrogen-bond acceptors (Lipinski definition) is 9. The van der Waals surface area contributed by atoms with Crippen molar-refractivity contribution in [1.82, 2.24) is 0 Å². The lowest BCUT2D eigenvalue weighted by atomic mass is 9.99. The van der Waals surface area contributed by atoms with Gasteiger partial charge in [0.2, 0.25) is 0 Å². The lowest BCUT2D eigenvalue weighted by Gasteiger charge is -2.41. The average molecular weight is 333 g/mol. The first kappa shape index (κ1) is 19.1. The molecule has 0 aromatic heterocycles. The van der Waals surface area contributed by atoms with Gasteiger partial charge in [0.05, 0.1) is 6.61 Å². The Hall–Kier alpha value is -1.91. The van der Waals surface area contributed by atoms with Crippen LogP contribution in [0.1, 0.15) is 13.8 Å². The van der Waals surface area contributed by atoms with Gasteiger partial charge in [-0.25, -0.2) is 0 Å². The lowest BCUT2D eigenvalue weighted by molar-refractivity contribution is -0.303. The van der Waals surface area contributed by atoms with Crippen molar-refractivity contribution in [1.29, 1.82) is 0 Å². The number of aliphatic hydroxyl groups is 2. The third-order valence-electron chi connectivity index (χ3n) is 2.93. The Morgan fingerprint density at radius 1 is 1.26 bits per heavy atom. The molecule has 0 aromatic rings. The van der Waals surface area contributed by atoms with Crippen molar-refractivity contribution in [2.75, 3.05) is 19.8 Å². The molecule has 1 aliphatic rings. The summed E-state index contributed by atoms with van der Waals surface area (Å²) in [6.45, 7) is 1.94. The van der Waals surface area contributed by atoms with Gasteiger partial charge in [-0.15, -0.1) is 0 Å². The number of hydrogen-bond donors (Lipinski definition) is 2. The van der Waals surface area contributed by atoms with E-state index in [9.17, 15) is 19.8 Å². The number of aliphatic hydroxyl groups excluding tert-OH is 2. The molecule has 130 valence electrons. The van der Waals surface area contributed by atoms with Crippen LogP contribution < -0.4 is 0 Å². The van der Waals surface area contributed by atoms with E-state index >= 15 is 0 Å². The van der Waals surface area contributed by atoms with Gasteiger partial charge in [0, 0.05) is 25.3 Å². The van der Waals surface area contributed by atoms with Gasteiger partial charge in [0.15, 0.2) is 12.4 Å². The van der Waals surface area contributed by atoms with Crippen molar-refractivity contribution >= 4 is 11.9 Å². The molecule has 2 N–H and O–H groups in total. The van der Waals surface area contributed by atoms with E-state index in [0.717, 1.165) is 6.92 Å². The Morgan fingerprint density at radius 3 is 2.52 bits per heavy atom. The van der Waals surface area contributed by atoms with Crippen molar-refractivity contribution in [2.45, 2.75) is 44.6 Å². The van der Waals surface area contributed by atoms with Crippen LogP contribution in [-0.4, -0.2) is 72.6 Å². The van der Waals surface area contributed by atoms with Crippen LogP contribution in [0.25, 0.3) is 10.4 Å². The number of rotatable bonds is 7. The molecule has 11 heteroatoms. The van der Waals surface area contributed by atoms with E-state index in [4.69, 9.17) is 24.5 Å². The Labute approximate surface area is 131 Å². The summed E-state index contributed by atoms with van der Waals surface area (Å²) in [5, 5.41) is 23.3. The van der Waals surface area contributed by atoms with Crippen LogP contribution in [0.15, 0.2) is 5.11 Å². The molecule has 0 spiro atoms. The Bertz CT molecular complexity index is 465. The number of carbonyl (C=O) groups is 2. The minimum absolute atomic E-state index is 0.00356. The maximum atomic E-state index is 11.1. The number of carbonyl (C=O) groups excluding carboxylic acids is 2. The highest BCUT2D eigenvalue weighted by Crippen LogP contribution is 2.25. The summed E-state index contributed by atoms with van der Waals surface area (Å²) >= 11 is 0. The molecule has 1 fully saturated rings. The zero-order valence-electron chi connectivity index (χ0n) is 12.7. The minimum atomic E-state index is -1.50. The summed E-state index contributed by atoms with van der Waals surface area (Å²) in [6.07, 6.45) is -6.51. The molecule has 1 heterocycles. The zero-order valence-corrected chi connectivity index (χ0v) is 12.7. The standard InChI is InChI=1S/C12H19N3O8/c1-6(16)21-5-8-9(18)10(19)11(22-7(2)17)12(23-8)20-4-3-14-15-13/h8-12,18-19H,3-5H2,1-2H3. The quantitative estimate of drug-likeness (QED) is 0.202. The molecule has 23 heavy (non-hydrogen) atoms. The zero-order chi connectivity index (χ0) is 17.4. The third kappa shape index (κ3) is 6.00. The van der Waals surface area contributed by atoms with E-state index in [1.54, 1.807) is 0 Å². The molecular formula is C12H19N3O8. The average Bonchev–Trinajstić information content (AvgIpc) is 2.48. The van der Waals surface area contributed by atoms with E-state index in [1.807, 2.05) is 0 Å². The molecule has 0 aromatic carbocycles. The van der Waals surface area contributed by atoms with Crippen LogP contribution in [0.2, 0.25) is 0 Å². The number of nitrogens with zero attached hydrogens (tertiary/aromatic N) is 3. The van der Waals surface area contributed by atoms with Crippen molar-refractivity contribution in [2.24, 2.45) is 5.11 Å². The summed E-state index contributed by atoms with van der Waals surface area (Å²) in [5.74, 6) is -1.29. The molecule has 0 radical (unpaired) electrons. The maximum absolute atomic E-state index is 11.1. The van der Waals surface area contributed by atoms with Crippen LogP contribution in [0, 0.1) is 0 Å². The molecule has 1 rings (SSSR count). The Kier molecular flexibility index (Phi) is 7.72. The first-order valence-corrected chi connectivity index (χ1v) is 6.81. The lowest BCUT2D eigenvalue weighted by Crippen LogP contribution is -2.60. The smallest absolute Gasteiger partial charge is 0.303 e. The second kappa shape index (κ2) is 9.28. The van der Waals surface area contributed by atoms with E-state index < -0.39 is 42.6 Å². The fourth-order valence-corrected chi connectivity index (χ4v) is 1.95. The number of ether oxygens (including phenoxy) is 4. The Balaban J connectivity index is 2.77. The molecule has 5 unspecified atom stereocenters. The van der Waals surface area contributed by atoms with Gasteiger partial charge in [-0.1, -0.05) is 5.11 Å². The second-order valence-corrected chi connectivity index (χ2v) is 4.73. The van der Waals surface area contributed by atoms with E-state index in [1.165, 1.54) is 6.92 Å². The van der Waals surface area contributed by atoms with E-state index in [0.29, 0.717) is 0 Å². The van der Waals surface area contributed by atoms with Gasteiger partial charge in [-0.3, -0.25) is 9.59 Å². The van der Waals surface area contributed by atoms with Crippen LogP contribution in [0.5, 0.6) is 0 Å². The highest BCUT2D eigenvalue weighted by molar-refractivity contribution is 5.66. The highest BCUT2D eigenvalue weighted by Gasteiger charge is 2.47. The first-order chi connectivity index (χ1) is 10.9. The predicted octanol–water partition coefficient (Wildman–Crippen LogP) is -0.745. The molecule has 11 nitrogen and oxygen atoms in total. The van der Waals surface area contributed by atoms with Crippen LogP contribution in [0.4, 0.5) is 0 Å². The van der Waals surface area contributed by atoms with Crippen molar-refractivity contribution in [3.05, 3.63) is 10.4 Å². The molecule has 1 saturated heterocycles. The van der Waals surface area contributed by atoms with Gasteiger partial charge in [0.1, 0.15) is 24.9 Å². The third-order valence-corrected chi connectivity index (χ3v) is 2.93. The van der Waals surface area contributed by atoms with Crippen LogP contribution in [0.3, 0.4) is 0 Å². The molecule has 0 amide bonds. The molecule has 1 aliphatic heterocycles. The molecular weight excluding hydrogens is 314 g/mol. The highest BCUT2D eigenvalue weighted by atomic mass is 16.7. The predicted molar refractivity (Wildman–Crippen MR) is 72.8 cm³/mol. The van der Waals surface area contributed by atoms with Gasteiger partial charge in [0.25, 0.3) is 0 Å². The first-order valence-electron chi connectivity index (χ1n) is 6.81. The fourth-order valence-electron chi connectivity index (χ4n) is 1.95. The van der Waals surface area contributed by atoms with Crippen molar-refractivity contribution in [3.8, 4) is 0 Å². The maximum Gasteiger partial charge on any atom is 0.303 e. The second-order valence-electron chi connectivity index (χ2n) is 4.73. The van der Waals surface area contributed by atoms with Gasteiger partial charge in [-0.05, 0) is 5.53 Å². The number of azide groups is 1. The SMILES string of the molecule is CC(=O)OCC1OC(OCCN=[N+]=[N-])C(OC(C)=O)C(O)C1O. The topological polar surface area (TPSA) is 160 Å². The van der Waals surface area contributed by atoms with Crippen LogP contribution >= 0.6 is 0 Å². The monoisotopic (exact) mass is 333 g/mol. The summed E-state index contributed by atoms with van der Waals surface area (Å²) in [5.41, 5.74) is 8.20. The minimum Gasteiger partial charge on any atom is -0.463 e. The number of esters is 2. The van der Waals surface area contributed by atoms with Crippen molar-refractivity contribution < 1.29 is 38.7 Å². The summed E-state index contributed by atoms with van der Waals surface area (Å²) in [4.78, 5) is 24.5. The summed E-state index contributed by atoms with van der Waals surface area (Å²) < 4.78 is 20.3. The van der Waals surface area contributed by atoms with Crippen molar-refractivity contribution in [3.63, 3.8) is 0 Å². The fraction of sp³-hybridized carbons (Fsp3) is 0.833. The molecule has 0 saturated carbocycles. The summed E-state index contributed by atoms with van der Waals surface area (Å²) in [7, 11) is 0.